The van der Waals surface area contributed by atoms with Crippen LogP contribution in [0.1, 0.15) is 0 Å². The molecule has 5 nitrogen and oxygen atoms in total. The van der Waals surface area contributed by atoms with Crippen molar-refractivity contribution in [1.82, 2.24) is 4.98 Å². The molecule has 0 saturated heterocycles. The van der Waals surface area contributed by atoms with E-state index in [1.54, 1.807) is 0 Å². The number of anilines is 1. The standard InChI is InChI=1S/C11H7ClFN3O2/c12-8-2-1-6(13)5-7(8)11-9(16(17)18)3-4-10(14)15-11/h1-5H,(H2,14,15). The lowest BCUT2D eigenvalue weighted by molar-refractivity contribution is -0.384. The van der Waals surface area contributed by atoms with Crippen LogP contribution in [-0.2, 0) is 0 Å². The summed E-state index contributed by atoms with van der Waals surface area (Å²) in [6.45, 7) is 0. The van der Waals surface area contributed by atoms with Crippen LogP contribution in [0.15, 0.2) is 30.3 Å². The van der Waals surface area contributed by atoms with Crippen molar-refractivity contribution in [3.8, 4) is 11.3 Å². The predicted octanol–water partition coefficient (Wildman–Crippen LogP) is 3.03. The minimum atomic E-state index is -0.622. The van der Waals surface area contributed by atoms with Gasteiger partial charge in [-0.1, -0.05) is 11.6 Å². The maximum atomic E-state index is 13.2. The molecule has 0 saturated carbocycles. The summed E-state index contributed by atoms with van der Waals surface area (Å²) in [7, 11) is 0. The summed E-state index contributed by atoms with van der Waals surface area (Å²) in [5.74, 6) is -0.469. The van der Waals surface area contributed by atoms with Crippen LogP contribution in [0.4, 0.5) is 15.9 Å². The molecule has 18 heavy (non-hydrogen) atoms. The molecular weight excluding hydrogens is 261 g/mol. The van der Waals surface area contributed by atoms with Crippen LogP contribution < -0.4 is 5.73 Å². The van der Waals surface area contributed by atoms with Crippen LogP contribution in [0, 0.1) is 15.9 Å². The molecule has 0 fully saturated rings. The number of aromatic nitrogens is 1. The number of hydrogen-bond acceptors (Lipinski definition) is 4. The van der Waals surface area contributed by atoms with Gasteiger partial charge >= 0.3 is 0 Å². The van der Waals surface area contributed by atoms with Gasteiger partial charge in [0.25, 0.3) is 5.69 Å². The van der Waals surface area contributed by atoms with Gasteiger partial charge in [0.05, 0.1) is 9.95 Å². The minimum absolute atomic E-state index is 0.0514. The van der Waals surface area contributed by atoms with Crippen molar-refractivity contribution in [3.05, 3.63) is 51.3 Å². The van der Waals surface area contributed by atoms with E-state index in [0.717, 1.165) is 12.1 Å². The van der Waals surface area contributed by atoms with Crippen molar-refractivity contribution in [1.29, 1.82) is 0 Å². The number of hydrogen-bond donors (Lipinski definition) is 1. The van der Waals surface area contributed by atoms with Crippen molar-refractivity contribution in [2.45, 2.75) is 0 Å². The van der Waals surface area contributed by atoms with Crippen LogP contribution in [0.5, 0.6) is 0 Å². The normalized spacial score (nSPS) is 10.3. The van der Waals surface area contributed by atoms with Gasteiger partial charge in [-0.25, -0.2) is 9.37 Å². The third-order valence-electron chi connectivity index (χ3n) is 2.28. The molecule has 1 heterocycles. The quantitative estimate of drug-likeness (QED) is 0.670. The molecular formula is C11H7ClFN3O2. The van der Waals surface area contributed by atoms with Crippen molar-refractivity contribution in [2.24, 2.45) is 0 Å². The third-order valence-corrected chi connectivity index (χ3v) is 2.61. The summed E-state index contributed by atoms with van der Waals surface area (Å²) in [5.41, 5.74) is 5.29. The van der Waals surface area contributed by atoms with E-state index >= 15 is 0 Å². The van der Waals surface area contributed by atoms with E-state index in [4.69, 9.17) is 17.3 Å². The molecule has 0 aliphatic heterocycles. The van der Waals surface area contributed by atoms with E-state index in [1.165, 1.54) is 18.2 Å². The molecule has 2 N–H and O–H groups in total. The fraction of sp³-hybridized carbons (Fsp3) is 0. The monoisotopic (exact) mass is 267 g/mol. The highest BCUT2D eigenvalue weighted by atomic mass is 35.5. The molecule has 7 heteroatoms. The van der Waals surface area contributed by atoms with Crippen molar-refractivity contribution < 1.29 is 9.31 Å². The van der Waals surface area contributed by atoms with Gasteiger partial charge < -0.3 is 5.73 Å². The number of nitrogens with two attached hydrogens (primary N) is 1. The van der Waals surface area contributed by atoms with Gasteiger partial charge in [0.2, 0.25) is 0 Å². The van der Waals surface area contributed by atoms with Gasteiger partial charge in [0, 0.05) is 11.6 Å². The van der Waals surface area contributed by atoms with Gasteiger partial charge in [-0.05, 0) is 24.3 Å². The minimum Gasteiger partial charge on any atom is -0.384 e. The lowest BCUT2D eigenvalue weighted by Crippen LogP contribution is -1.99. The number of rotatable bonds is 2. The number of benzene rings is 1. The van der Waals surface area contributed by atoms with Crippen molar-refractivity contribution >= 4 is 23.1 Å². The second-order valence-electron chi connectivity index (χ2n) is 3.49. The average Bonchev–Trinajstić information content (AvgIpc) is 2.31. The Morgan fingerprint density at radius 1 is 1.33 bits per heavy atom. The van der Waals surface area contributed by atoms with Crippen LogP contribution in [0.3, 0.4) is 0 Å². The lowest BCUT2D eigenvalue weighted by Gasteiger charge is -2.05. The second kappa shape index (κ2) is 4.58. The first-order chi connectivity index (χ1) is 8.49. The molecule has 0 aliphatic carbocycles. The molecule has 0 bridgehead atoms. The maximum absolute atomic E-state index is 13.2. The van der Waals surface area contributed by atoms with E-state index in [-0.39, 0.29) is 27.8 Å². The van der Waals surface area contributed by atoms with E-state index in [9.17, 15) is 14.5 Å². The number of nitrogens with zero attached hydrogens (tertiary/aromatic N) is 2. The molecule has 1 aromatic heterocycles. The topological polar surface area (TPSA) is 82.0 Å². The van der Waals surface area contributed by atoms with Gasteiger partial charge in [-0.15, -0.1) is 0 Å². The van der Waals surface area contributed by atoms with Crippen LogP contribution in [0.25, 0.3) is 11.3 Å². The molecule has 0 radical (unpaired) electrons. The molecule has 2 aromatic rings. The van der Waals surface area contributed by atoms with E-state index < -0.39 is 10.7 Å². The summed E-state index contributed by atoms with van der Waals surface area (Å²) in [5, 5.41) is 11.1. The highest BCUT2D eigenvalue weighted by Crippen LogP contribution is 2.34. The predicted molar refractivity (Wildman–Crippen MR) is 65.7 cm³/mol. The molecule has 0 amide bonds. The molecule has 1 aromatic carbocycles. The maximum Gasteiger partial charge on any atom is 0.295 e. The summed E-state index contributed by atoms with van der Waals surface area (Å²) < 4.78 is 13.2. The molecule has 2 rings (SSSR count). The number of nitro groups is 1. The fourth-order valence-electron chi connectivity index (χ4n) is 1.49. The van der Waals surface area contributed by atoms with Crippen LogP contribution in [0.2, 0.25) is 5.02 Å². The first kappa shape index (κ1) is 12.3. The lowest BCUT2D eigenvalue weighted by atomic mass is 10.1. The van der Waals surface area contributed by atoms with Crippen LogP contribution in [-0.4, -0.2) is 9.91 Å². The highest BCUT2D eigenvalue weighted by Gasteiger charge is 2.19. The summed E-state index contributed by atoms with van der Waals surface area (Å²) in [4.78, 5) is 14.1. The molecule has 0 unspecified atom stereocenters. The van der Waals surface area contributed by atoms with Gasteiger partial charge in [-0.2, -0.15) is 0 Å². The Kier molecular flexibility index (Phi) is 3.12. The molecule has 92 valence electrons. The zero-order chi connectivity index (χ0) is 13.3. The van der Waals surface area contributed by atoms with E-state index in [1.807, 2.05) is 0 Å². The van der Waals surface area contributed by atoms with Gasteiger partial charge in [0.15, 0.2) is 5.69 Å². The third kappa shape index (κ3) is 2.23. The average molecular weight is 268 g/mol. The van der Waals surface area contributed by atoms with Crippen LogP contribution >= 0.6 is 11.6 Å². The molecule has 0 atom stereocenters. The summed E-state index contributed by atoms with van der Waals surface area (Å²) in [6, 6.07) is 6.05. The Hall–Kier alpha value is -2.21. The SMILES string of the molecule is Nc1ccc([N+](=O)[O-])c(-c2cc(F)ccc2Cl)n1. The molecule has 0 aliphatic rings. The second-order valence-corrected chi connectivity index (χ2v) is 3.89. The summed E-state index contributed by atoms with van der Waals surface area (Å²) in [6.07, 6.45) is 0. The summed E-state index contributed by atoms with van der Waals surface area (Å²) >= 11 is 5.89. The molecule has 0 spiro atoms. The fourth-order valence-corrected chi connectivity index (χ4v) is 1.70. The number of halogens is 2. The van der Waals surface area contributed by atoms with E-state index in [0.29, 0.717) is 0 Å². The number of pyridine rings is 1. The smallest absolute Gasteiger partial charge is 0.295 e. The Balaban J connectivity index is 2.73. The first-order valence-corrected chi connectivity index (χ1v) is 5.23. The zero-order valence-electron chi connectivity index (χ0n) is 8.93. The Labute approximate surface area is 106 Å². The Morgan fingerprint density at radius 2 is 2.06 bits per heavy atom. The van der Waals surface area contributed by atoms with Crippen molar-refractivity contribution in [2.75, 3.05) is 5.73 Å². The van der Waals surface area contributed by atoms with Gasteiger partial charge in [0.1, 0.15) is 11.6 Å². The Bertz CT molecular complexity index is 634. The number of nitrogen functional groups attached to an aromatic ring is 1. The zero-order valence-corrected chi connectivity index (χ0v) is 9.69. The van der Waals surface area contributed by atoms with Crippen molar-refractivity contribution in [3.63, 3.8) is 0 Å². The Morgan fingerprint density at radius 3 is 2.72 bits per heavy atom. The highest BCUT2D eigenvalue weighted by molar-refractivity contribution is 6.33. The van der Waals surface area contributed by atoms with Gasteiger partial charge in [-0.3, -0.25) is 10.1 Å². The largest absolute Gasteiger partial charge is 0.384 e. The first-order valence-electron chi connectivity index (χ1n) is 4.85. The van der Waals surface area contributed by atoms with E-state index in [2.05, 4.69) is 4.98 Å².